The van der Waals surface area contributed by atoms with Crippen molar-refractivity contribution in [1.82, 2.24) is 14.7 Å². The first-order chi connectivity index (χ1) is 6.65. The summed E-state index contributed by atoms with van der Waals surface area (Å²) < 4.78 is 1.86. The summed E-state index contributed by atoms with van der Waals surface area (Å²) >= 11 is 0. The Morgan fingerprint density at radius 1 is 1.43 bits per heavy atom. The van der Waals surface area contributed by atoms with E-state index in [4.69, 9.17) is 5.73 Å². The standard InChI is InChI=1S/C10H18N4/c1-13-5-8(3-10(11)7-13)9-4-12-14(2)6-9/h4,6,8,10H,3,5,7,11H2,1-2H3. The third-order valence-corrected chi connectivity index (χ3v) is 2.86. The lowest BCUT2D eigenvalue weighted by molar-refractivity contribution is 0.227. The van der Waals surface area contributed by atoms with Crippen LogP contribution in [0, 0.1) is 0 Å². The fourth-order valence-electron chi connectivity index (χ4n) is 2.26. The summed E-state index contributed by atoms with van der Waals surface area (Å²) in [6.45, 7) is 2.11. The number of aryl methyl sites for hydroxylation is 1. The van der Waals surface area contributed by atoms with Gasteiger partial charge in [-0.05, 0) is 19.0 Å². The summed E-state index contributed by atoms with van der Waals surface area (Å²) in [4.78, 5) is 2.30. The van der Waals surface area contributed by atoms with Gasteiger partial charge >= 0.3 is 0 Å². The molecule has 1 aliphatic heterocycles. The number of hydrogen-bond acceptors (Lipinski definition) is 3. The lowest BCUT2D eigenvalue weighted by Crippen LogP contribution is -2.44. The Kier molecular flexibility index (Phi) is 2.56. The molecule has 78 valence electrons. The molecule has 4 nitrogen and oxygen atoms in total. The van der Waals surface area contributed by atoms with Crippen molar-refractivity contribution in [2.24, 2.45) is 12.8 Å². The number of nitrogens with zero attached hydrogens (tertiary/aromatic N) is 3. The number of rotatable bonds is 1. The number of hydrogen-bond donors (Lipinski definition) is 1. The van der Waals surface area contributed by atoms with E-state index in [-0.39, 0.29) is 0 Å². The number of likely N-dealkylation sites (tertiary alicyclic amines) is 1. The van der Waals surface area contributed by atoms with E-state index in [1.54, 1.807) is 0 Å². The molecule has 0 radical (unpaired) electrons. The van der Waals surface area contributed by atoms with Gasteiger partial charge in [0.2, 0.25) is 0 Å². The first-order valence-electron chi connectivity index (χ1n) is 5.08. The van der Waals surface area contributed by atoms with E-state index in [0.29, 0.717) is 12.0 Å². The Morgan fingerprint density at radius 2 is 2.21 bits per heavy atom. The summed E-state index contributed by atoms with van der Waals surface area (Å²) in [5.41, 5.74) is 7.31. The zero-order valence-electron chi connectivity index (χ0n) is 8.85. The van der Waals surface area contributed by atoms with Crippen molar-refractivity contribution in [3.05, 3.63) is 18.0 Å². The average molecular weight is 194 g/mol. The molecule has 2 atom stereocenters. The van der Waals surface area contributed by atoms with Gasteiger partial charge in [-0.1, -0.05) is 0 Å². The minimum atomic E-state index is 0.305. The molecule has 1 saturated heterocycles. The van der Waals surface area contributed by atoms with Crippen LogP contribution in [0.5, 0.6) is 0 Å². The fourth-order valence-corrected chi connectivity index (χ4v) is 2.26. The van der Waals surface area contributed by atoms with Gasteiger partial charge in [0.15, 0.2) is 0 Å². The largest absolute Gasteiger partial charge is 0.327 e. The van der Waals surface area contributed by atoms with E-state index in [2.05, 4.69) is 23.2 Å². The molecule has 14 heavy (non-hydrogen) atoms. The Bertz CT molecular complexity index is 297. The van der Waals surface area contributed by atoms with Gasteiger partial charge in [-0.25, -0.2) is 0 Å². The highest BCUT2D eigenvalue weighted by Gasteiger charge is 2.24. The second kappa shape index (κ2) is 3.71. The predicted octanol–water partition coefficient (Wildman–Crippen LogP) is 0.167. The maximum absolute atomic E-state index is 5.99. The van der Waals surface area contributed by atoms with Crippen LogP contribution in [0.2, 0.25) is 0 Å². The van der Waals surface area contributed by atoms with Gasteiger partial charge in [0.25, 0.3) is 0 Å². The van der Waals surface area contributed by atoms with Crippen LogP contribution in [0.25, 0.3) is 0 Å². The van der Waals surface area contributed by atoms with Gasteiger partial charge in [-0.3, -0.25) is 4.68 Å². The molecule has 0 amide bonds. The molecule has 4 heteroatoms. The monoisotopic (exact) mass is 194 g/mol. The van der Waals surface area contributed by atoms with Gasteiger partial charge in [0.1, 0.15) is 0 Å². The van der Waals surface area contributed by atoms with Crippen molar-refractivity contribution in [3.8, 4) is 0 Å². The molecule has 0 bridgehead atoms. The molecule has 2 N–H and O–H groups in total. The van der Waals surface area contributed by atoms with Crippen LogP contribution in [0.15, 0.2) is 12.4 Å². The lowest BCUT2D eigenvalue weighted by atomic mass is 9.90. The molecule has 1 fully saturated rings. The molecule has 1 aliphatic rings. The summed E-state index contributed by atoms with van der Waals surface area (Å²) in [5, 5.41) is 4.20. The van der Waals surface area contributed by atoms with Crippen LogP contribution < -0.4 is 5.73 Å². The van der Waals surface area contributed by atoms with Crippen molar-refractivity contribution in [1.29, 1.82) is 0 Å². The van der Waals surface area contributed by atoms with Gasteiger partial charge in [-0.2, -0.15) is 5.10 Å². The molecular formula is C10H18N4. The highest BCUT2D eigenvalue weighted by Crippen LogP contribution is 2.24. The minimum absolute atomic E-state index is 0.305. The van der Waals surface area contributed by atoms with E-state index >= 15 is 0 Å². The lowest BCUT2D eigenvalue weighted by Gasteiger charge is -2.33. The Morgan fingerprint density at radius 3 is 2.79 bits per heavy atom. The fraction of sp³-hybridized carbons (Fsp3) is 0.700. The van der Waals surface area contributed by atoms with Gasteiger partial charge in [-0.15, -0.1) is 0 Å². The number of likely N-dealkylation sites (N-methyl/N-ethyl adjacent to an activating group) is 1. The SMILES string of the molecule is CN1CC(N)CC(c2cnn(C)c2)C1. The first-order valence-corrected chi connectivity index (χ1v) is 5.08. The van der Waals surface area contributed by atoms with Gasteiger partial charge in [0, 0.05) is 38.3 Å². The van der Waals surface area contributed by atoms with E-state index in [9.17, 15) is 0 Å². The van der Waals surface area contributed by atoms with Gasteiger partial charge in [0.05, 0.1) is 6.20 Å². The molecule has 0 aliphatic carbocycles. The highest BCUT2D eigenvalue weighted by atomic mass is 15.2. The summed E-state index contributed by atoms with van der Waals surface area (Å²) in [7, 11) is 4.08. The molecule has 1 aromatic heterocycles. The van der Waals surface area contributed by atoms with Crippen molar-refractivity contribution in [2.75, 3.05) is 20.1 Å². The Labute approximate surface area is 84.7 Å². The Hall–Kier alpha value is -0.870. The average Bonchev–Trinajstić information content (AvgIpc) is 2.50. The predicted molar refractivity (Wildman–Crippen MR) is 56.0 cm³/mol. The smallest absolute Gasteiger partial charge is 0.0524 e. The maximum atomic E-state index is 5.99. The topological polar surface area (TPSA) is 47.1 Å². The summed E-state index contributed by atoms with van der Waals surface area (Å²) in [5.74, 6) is 0.553. The van der Waals surface area contributed by atoms with Crippen LogP contribution in [0.4, 0.5) is 0 Å². The van der Waals surface area contributed by atoms with E-state index in [0.717, 1.165) is 19.5 Å². The van der Waals surface area contributed by atoms with E-state index in [1.165, 1.54) is 5.56 Å². The molecule has 2 heterocycles. The molecule has 1 aromatic rings. The van der Waals surface area contributed by atoms with Crippen molar-refractivity contribution < 1.29 is 0 Å². The number of nitrogens with two attached hydrogens (primary N) is 1. The van der Waals surface area contributed by atoms with Gasteiger partial charge < -0.3 is 10.6 Å². The van der Waals surface area contributed by atoms with Crippen LogP contribution in [0.3, 0.4) is 0 Å². The van der Waals surface area contributed by atoms with Crippen LogP contribution >= 0.6 is 0 Å². The third kappa shape index (κ3) is 1.96. The summed E-state index contributed by atoms with van der Waals surface area (Å²) in [6.07, 6.45) is 5.13. The molecule has 0 spiro atoms. The molecule has 0 aromatic carbocycles. The Balaban J connectivity index is 2.10. The molecular weight excluding hydrogens is 176 g/mol. The quantitative estimate of drug-likeness (QED) is 0.693. The molecule has 0 saturated carbocycles. The number of piperidine rings is 1. The minimum Gasteiger partial charge on any atom is -0.327 e. The first kappa shape index (κ1) is 9.68. The van der Waals surface area contributed by atoms with Crippen molar-refractivity contribution in [3.63, 3.8) is 0 Å². The second-order valence-electron chi connectivity index (χ2n) is 4.36. The zero-order chi connectivity index (χ0) is 10.1. The highest BCUT2D eigenvalue weighted by molar-refractivity contribution is 5.13. The third-order valence-electron chi connectivity index (χ3n) is 2.86. The van der Waals surface area contributed by atoms with Crippen LogP contribution in [-0.2, 0) is 7.05 Å². The normalized spacial score (nSPS) is 29.4. The molecule has 2 unspecified atom stereocenters. The molecule has 2 rings (SSSR count). The maximum Gasteiger partial charge on any atom is 0.0524 e. The van der Waals surface area contributed by atoms with Crippen LogP contribution in [0.1, 0.15) is 17.9 Å². The van der Waals surface area contributed by atoms with E-state index < -0.39 is 0 Å². The van der Waals surface area contributed by atoms with Crippen LogP contribution in [-0.4, -0.2) is 40.9 Å². The van der Waals surface area contributed by atoms with Crippen molar-refractivity contribution in [2.45, 2.75) is 18.4 Å². The van der Waals surface area contributed by atoms with Crippen molar-refractivity contribution >= 4 is 0 Å². The summed E-state index contributed by atoms with van der Waals surface area (Å²) in [6, 6.07) is 0.305. The zero-order valence-corrected chi connectivity index (χ0v) is 8.85. The second-order valence-corrected chi connectivity index (χ2v) is 4.36. The van der Waals surface area contributed by atoms with E-state index in [1.807, 2.05) is 17.9 Å². The number of aromatic nitrogens is 2.